The Labute approximate surface area is 92.3 Å². The van der Waals surface area contributed by atoms with E-state index in [2.05, 4.69) is 20.3 Å². The minimum atomic E-state index is -0.884. The maximum absolute atomic E-state index is 11.1. The summed E-state index contributed by atoms with van der Waals surface area (Å²) < 4.78 is 4.46. The lowest BCUT2D eigenvalue weighted by molar-refractivity contribution is 0.161. The number of hydrogen-bond donors (Lipinski definition) is 1. The van der Waals surface area contributed by atoms with Crippen molar-refractivity contribution in [1.29, 1.82) is 0 Å². The van der Waals surface area contributed by atoms with Gasteiger partial charge in [0.15, 0.2) is 0 Å². The Morgan fingerprint density at radius 3 is 2.56 bits per heavy atom. The van der Waals surface area contributed by atoms with Crippen LogP contribution in [0.3, 0.4) is 0 Å². The van der Waals surface area contributed by atoms with Gasteiger partial charge >= 0.3 is 12.1 Å². The zero-order chi connectivity index (χ0) is 11.8. The van der Waals surface area contributed by atoms with Crippen LogP contribution in [-0.4, -0.2) is 18.7 Å². The van der Waals surface area contributed by atoms with E-state index in [9.17, 15) is 9.59 Å². The molecule has 1 N–H and O–H groups in total. The fourth-order valence-electron chi connectivity index (χ4n) is 0.909. The van der Waals surface area contributed by atoms with Crippen LogP contribution < -0.4 is 5.32 Å². The van der Waals surface area contributed by atoms with Gasteiger partial charge in [0.2, 0.25) is 0 Å². The van der Waals surface area contributed by atoms with Crippen LogP contribution in [0.15, 0.2) is 40.6 Å². The number of benzene rings is 1. The average molecular weight is 221 g/mol. The number of azo groups is 1. The predicted octanol–water partition coefficient (Wildman–Crippen LogP) is 2.83. The van der Waals surface area contributed by atoms with Crippen molar-refractivity contribution in [2.45, 2.75) is 6.92 Å². The summed E-state index contributed by atoms with van der Waals surface area (Å²) in [4.78, 5) is 21.9. The van der Waals surface area contributed by atoms with Gasteiger partial charge in [-0.05, 0) is 19.1 Å². The Morgan fingerprint density at radius 2 is 1.94 bits per heavy atom. The highest BCUT2D eigenvalue weighted by molar-refractivity contribution is 5.90. The molecule has 1 aromatic carbocycles. The van der Waals surface area contributed by atoms with Crippen molar-refractivity contribution < 1.29 is 14.3 Å². The van der Waals surface area contributed by atoms with Gasteiger partial charge in [0.1, 0.15) is 0 Å². The molecule has 0 aliphatic heterocycles. The second kappa shape index (κ2) is 6.28. The third-order valence-corrected chi connectivity index (χ3v) is 1.52. The van der Waals surface area contributed by atoms with E-state index in [0.717, 1.165) is 0 Å². The van der Waals surface area contributed by atoms with Gasteiger partial charge in [-0.1, -0.05) is 28.4 Å². The van der Waals surface area contributed by atoms with Gasteiger partial charge < -0.3 is 10.1 Å². The van der Waals surface area contributed by atoms with E-state index >= 15 is 0 Å². The van der Waals surface area contributed by atoms with Crippen LogP contribution >= 0.6 is 0 Å². The molecule has 0 unspecified atom stereocenters. The number of rotatable bonds is 2. The van der Waals surface area contributed by atoms with E-state index < -0.39 is 12.1 Å². The summed E-state index contributed by atoms with van der Waals surface area (Å²) in [7, 11) is 0. The van der Waals surface area contributed by atoms with Gasteiger partial charge in [-0.15, -0.1) is 0 Å². The van der Waals surface area contributed by atoms with Gasteiger partial charge in [-0.25, -0.2) is 9.59 Å². The van der Waals surface area contributed by atoms with Crippen LogP contribution in [0.1, 0.15) is 6.92 Å². The molecule has 0 saturated heterocycles. The molecule has 0 radical (unpaired) electrons. The number of urea groups is 1. The van der Waals surface area contributed by atoms with Crippen molar-refractivity contribution in [1.82, 2.24) is 0 Å². The maximum atomic E-state index is 11.1. The number of carbonyl (C=O) groups is 2. The minimum absolute atomic E-state index is 0.193. The Balaban J connectivity index is 2.45. The van der Waals surface area contributed by atoms with E-state index in [1.807, 2.05) is 6.07 Å². The number of amides is 3. The normalized spacial score (nSPS) is 10.1. The minimum Gasteiger partial charge on any atom is -0.447 e. The molecular weight excluding hydrogens is 210 g/mol. The van der Waals surface area contributed by atoms with Crippen molar-refractivity contribution in [2.24, 2.45) is 10.2 Å². The van der Waals surface area contributed by atoms with Crippen molar-refractivity contribution in [2.75, 3.05) is 11.9 Å². The first-order chi connectivity index (χ1) is 7.72. The highest BCUT2D eigenvalue weighted by Gasteiger charge is 2.01. The number of hydrogen-bond acceptors (Lipinski definition) is 3. The summed E-state index contributed by atoms with van der Waals surface area (Å²) >= 11 is 0. The molecule has 0 spiro atoms. The molecule has 0 aliphatic carbocycles. The Morgan fingerprint density at radius 1 is 1.25 bits per heavy atom. The van der Waals surface area contributed by atoms with E-state index in [1.54, 1.807) is 31.2 Å². The first-order valence-electron chi connectivity index (χ1n) is 4.67. The summed E-state index contributed by atoms with van der Waals surface area (Å²) in [5.41, 5.74) is 0.579. The van der Waals surface area contributed by atoms with E-state index in [1.165, 1.54) is 0 Å². The van der Waals surface area contributed by atoms with Gasteiger partial charge in [0, 0.05) is 5.69 Å². The van der Waals surface area contributed by atoms with Crippen LogP contribution in [0.4, 0.5) is 15.3 Å². The van der Waals surface area contributed by atoms with E-state index in [-0.39, 0.29) is 6.61 Å². The van der Waals surface area contributed by atoms with Crippen molar-refractivity contribution in [3.05, 3.63) is 30.3 Å². The first-order valence-corrected chi connectivity index (χ1v) is 4.67. The lowest BCUT2D eigenvalue weighted by Crippen LogP contribution is -2.06. The molecule has 0 bridgehead atoms. The standard InChI is InChI=1S/C10H11N3O3/c1-2-16-10(15)13-12-9(14)11-8-6-4-3-5-7-8/h3-7H,2H2,1H3,(H,11,14)/b13-12+. The summed E-state index contributed by atoms with van der Waals surface area (Å²) in [6.45, 7) is 1.83. The van der Waals surface area contributed by atoms with Gasteiger partial charge in [-0.3, -0.25) is 0 Å². The molecule has 1 aromatic rings. The Bertz CT molecular complexity index is 390. The molecular formula is C10H11N3O3. The lowest BCUT2D eigenvalue weighted by Gasteiger charge is -1.98. The third-order valence-electron chi connectivity index (χ3n) is 1.52. The van der Waals surface area contributed by atoms with Crippen molar-refractivity contribution >= 4 is 17.8 Å². The van der Waals surface area contributed by atoms with Gasteiger partial charge in [0.25, 0.3) is 0 Å². The Kier molecular flexibility index (Phi) is 4.65. The van der Waals surface area contributed by atoms with Crippen LogP contribution in [0.5, 0.6) is 0 Å². The molecule has 3 amide bonds. The molecule has 1 rings (SSSR count). The largest absolute Gasteiger partial charge is 0.452 e. The van der Waals surface area contributed by atoms with Gasteiger partial charge in [0.05, 0.1) is 6.61 Å². The topological polar surface area (TPSA) is 80.1 Å². The quantitative estimate of drug-likeness (QED) is 0.779. The van der Waals surface area contributed by atoms with Crippen LogP contribution in [0, 0.1) is 0 Å². The average Bonchev–Trinajstić information content (AvgIpc) is 2.28. The summed E-state index contributed by atoms with van der Waals surface area (Å²) in [6, 6.07) is 8.00. The summed E-state index contributed by atoms with van der Waals surface area (Å²) in [6.07, 6.45) is -0.884. The van der Waals surface area contributed by atoms with Crippen LogP contribution in [-0.2, 0) is 4.74 Å². The fraction of sp³-hybridized carbons (Fsp3) is 0.200. The number of nitrogens with one attached hydrogen (secondary N) is 1. The van der Waals surface area contributed by atoms with Gasteiger partial charge in [-0.2, -0.15) is 0 Å². The van der Waals surface area contributed by atoms with E-state index in [0.29, 0.717) is 5.69 Å². The van der Waals surface area contributed by atoms with Crippen molar-refractivity contribution in [3.63, 3.8) is 0 Å². The molecule has 6 heteroatoms. The fourth-order valence-corrected chi connectivity index (χ4v) is 0.909. The van der Waals surface area contributed by atoms with E-state index in [4.69, 9.17) is 0 Å². The summed E-state index contributed by atoms with van der Waals surface area (Å²) in [5.74, 6) is 0. The molecule has 0 saturated carbocycles. The molecule has 0 aliphatic rings. The third kappa shape index (κ3) is 4.32. The SMILES string of the molecule is CCOC(=O)/N=N/C(=O)Nc1ccccc1. The predicted molar refractivity (Wildman–Crippen MR) is 57.3 cm³/mol. The Hall–Kier alpha value is -2.24. The first kappa shape index (κ1) is 11.8. The highest BCUT2D eigenvalue weighted by atomic mass is 16.5. The molecule has 6 nitrogen and oxygen atoms in total. The molecule has 0 aromatic heterocycles. The summed E-state index contributed by atoms with van der Waals surface area (Å²) in [5, 5.41) is 8.63. The molecule has 84 valence electrons. The number of para-hydroxylation sites is 1. The molecule has 16 heavy (non-hydrogen) atoms. The molecule has 0 atom stereocenters. The zero-order valence-corrected chi connectivity index (χ0v) is 8.71. The number of nitrogens with zero attached hydrogens (tertiary/aromatic N) is 2. The highest BCUT2D eigenvalue weighted by Crippen LogP contribution is 2.05. The smallest absolute Gasteiger partial charge is 0.447 e. The molecule has 0 fully saturated rings. The lowest BCUT2D eigenvalue weighted by atomic mass is 10.3. The zero-order valence-electron chi connectivity index (χ0n) is 8.71. The number of ether oxygens (including phenoxy) is 1. The van der Waals surface area contributed by atoms with Crippen LogP contribution in [0.2, 0.25) is 0 Å². The second-order valence-electron chi connectivity index (χ2n) is 2.70. The second-order valence-corrected chi connectivity index (χ2v) is 2.70. The van der Waals surface area contributed by atoms with Crippen molar-refractivity contribution in [3.8, 4) is 0 Å². The number of anilines is 1. The monoisotopic (exact) mass is 221 g/mol. The van der Waals surface area contributed by atoms with Crippen LogP contribution in [0.25, 0.3) is 0 Å². The maximum Gasteiger partial charge on any atom is 0.452 e. The number of carbonyl (C=O) groups excluding carboxylic acids is 2. The molecule has 0 heterocycles.